The molecule has 0 amide bonds. The van der Waals surface area contributed by atoms with Gasteiger partial charge in [0.25, 0.3) is 0 Å². The lowest BCUT2D eigenvalue weighted by Crippen LogP contribution is -2.09. The van der Waals surface area contributed by atoms with Crippen LogP contribution in [0.3, 0.4) is 0 Å². The topological polar surface area (TPSA) is 50.9 Å². The van der Waals surface area contributed by atoms with Crippen molar-refractivity contribution in [3.8, 4) is 0 Å². The summed E-state index contributed by atoms with van der Waals surface area (Å²) < 4.78 is 26.6. The van der Waals surface area contributed by atoms with Crippen LogP contribution >= 0.6 is 11.3 Å². The second-order valence-corrected chi connectivity index (χ2v) is 5.63. The van der Waals surface area contributed by atoms with Gasteiger partial charge in [0.2, 0.25) is 0 Å². The Hall–Kier alpha value is -1.69. The first kappa shape index (κ1) is 13.7. The van der Waals surface area contributed by atoms with Crippen LogP contribution < -0.4 is 11.1 Å². The van der Waals surface area contributed by atoms with Crippen LogP contribution in [0, 0.1) is 25.5 Å². The third kappa shape index (κ3) is 2.84. The Balaban J connectivity index is 2.29. The molecule has 0 aliphatic carbocycles. The monoisotopic (exact) mass is 283 g/mol. The number of benzene rings is 1. The van der Waals surface area contributed by atoms with Gasteiger partial charge in [-0.3, -0.25) is 0 Å². The van der Waals surface area contributed by atoms with Crippen molar-refractivity contribution in [3.05, 3.63) is 39.3 Å². The van der Waals surface area contributed by atoms with Crippen LogP contribution in [-0.2, 0) is 0 Å². The molecule has 1 heterocycles. The summed E-state index contributed by atoms with van der Waals surface area (Å²) in [5, 5.41) is 3.99. The molecule has 0 radical (unpaired) electrons. The lowest BCUT2D eigenvalue weighted by Gasteiger charge is -2.16. The van der Waals surface area contributed by atoms with Crippen molar-refractivity contribution in [3.63, 3.8) is 0 Å². The molecule has 1 aromatic carbocycles. The van der Waals surface area contributed by atoms with E-state index in [1.807, 2.05) is 20.8 Å². The summed E-state index contributed by atoms with van der Waals surface area (Å²) in [7, 11) is 0. The Morgan fingerprint density at radius 3 is 2.58 bits per heavy atom. The molecule has 1 unspecified atom stereocenters. The van der Waals surface area contributed by atoms with Gasteiger partial charge < -0.3 is 11.1 Å². The molecule has 0 spiro atoms. The molecule has 102 valence electrons. The average Bonchev–Trinajstić information content (AvgIpc) is 2.64. The lowest BCUT2D eigenvalue weighted by molar-refractivity contribution is 0.586. The number of hydrogen-bond donors (Lipinski definition) is 2. The Morgan fingerprint density at radius 2 is 2.00 bits per heavy atom. The van der Waals surface area contributed by atoms with E-state index in [1.165, 1.54) is 6.07 Å². The summed E-state index contributed by atoms with van der Waals surface area (Å²) in [6, 6.07) is 1.85. The van der Waals surface area contributed by atoms with Crippen LogP contribution in [-0.4, -0.2) is 4.98 Å². The van der Waals surface area contributed by atoms with E-state index in [-0.39, 0.29) is 17.4 Å². The largest absolute Gasteiger partial charge is 0.395 e. The SMILES string of the molecule is Cc1nc(C)c(C(C)Nc2cc(F)cc(F)c2N)s1. The first-order valence-corrected chi connectivity index (χ1v) is 6.65. The zero-order valence-electron chi connectivity index (χ0n) is 10.9. The van der Waals surface area contributed by atoms with Gasteiger partial charge in [0.05, 0.1) is 28.1 Å². The number of hydrogen-bond acceptors (Lipinski definition) is 4. The van der Waals surface area contributed by atoms with Gasteiger partial charge in [0.15, 0.2) is 5.82 Å². The van der Waals surface area contributed by atoms with Crippen molar-refractivity contribution >= 4 is 22.7 Å². The highest BCUT2D eigenvalue weighted by molar-refractivity contribution is 7.11. The average molecular weight is 283 g/mol. The van der Waals surface area contributed by atoms with E-state index >= 15 is 0 Å². The minimum absolute atomic E-state index is 0.0767. The molecule has 1 aromatic heterocycles. The summed E-state index contributed by atoms with van der Waals surface area (Å²) >= 11 is 1.55. The van der Waals surface area contributed by atoms with Gasteiger partial charge in [0, 0.05) is 10.9 Å². The summed E-state index contributed by atoms with van der Waals surface area (Å²) in [5.41, 5.74) is 6.70. The molecule has 2 rings (SSSR count). The molecule has 0 aliphatic heterocycles. The van der Waals surface area contributed by atoms with Gasteiger partial charge in [-0.1, -0.05) is 0 Å². The molecular weight excluding hydrogens is 268 g/mol. The van der Waals surface area contributed by atoms with E-state index in [0.717, 1.165) is 21.6 Å². The third-order valence-electron chi connectivity index (χ3n) is 2.80. The molecule has 0 aliphatic rings. The van der Waals surface area contributed by atoms with E-state index in [4.69, 9.17) is 5.73 Å². The van der Waals surface area contributed by atoms with Crippen molar-refractivity contribution < 1.29 is 8.78 Å². The summed E-state index contributed by atoms with van der Waals surface area (Å²) in [4.78, 5) is 5.36. The number of nitrogen functional groups attached to an aromatic ring is 1. The second kappa shape index (κ2) is 5.13. The minimum Gasteiger partial charge on any atom is -0.395 e. The molecular formula is C13H15F2N3S. The number of nitrogens with zero attached hydrogens (tertiary/aromatic N) is 1. The molecule has 6 heteroatoms. The Morgan fingerprint density at radius 1 is 1.32 bits per heavy atom. The Bertz CT molecular complexity index is 610. The maximum Gasteiger partial charge on any atom is 0.151 e. The Labute approximate surface area is 114 Å². The van der Waals surface area contributed by atoms with E-state index in [1.54, 1.807) is 11.3 Å². The molecule has 3 N–H and O–H groups in total. The maximum absolute atomic E-state index is 13.4. The number of rotatable bonds is 3. The third-order valence-corrected chi connectivity index (χ3v) is 4.05. The number of halogens is 2. The number of thiazole rings is 1. The molecule has 0 saturated carbocycles. The molecule has 1 atom stereocenters. The van der Waals surface area contributed by atoms with Crippen LogP contribution in [0.2, 0.25) is 0 Å². The fourth-order valence-electron chi connectivity index (χ4n) is 1.95. The van der Waals surface area contributed by atoms with E-state index in [9.17, 15) is 8.78 Å². The van der Waals surface area contributed by atoms with Crippen molar-refractivity contribution in [2.75, 3.05) is 11.1 Å². The van der Waals surface area contributed by atoms with Crippen LogP contribution in [0.15, 0.2) is 12.1 Å². The first-order valence-electron chi connectivity index (χ1n) is 5.83. The molecule has 19 heavy (non-hydrogen) atoms. The number of aromatic nitrogens is 1. The number of nitrogens with one attached hydrogen (secondary N) is 1. The van der Waals surface area contributed by atoms with E-state index in [2.05, 4.69) is 10.3 Å². The second-order valence-electron chi connectivity index (χ2n) is 4.40. The minimum atomic E-state index is -0.757. The van der Waals surface area contributed by atoms with Crippen LogP contribution in [0.1, 0.15) is 28.5 Å². The number of nitrogens with two attached hydrogens (primary N) is 1. The Kier molecular flexibility index (Phi) is 3.71. The summed E-state index contributed by atoms with van der Waals surface area (Å²) in [5.74, 6) is -1.41. The highest BCUT2D eigenvalue weighted by Crippen LogP contribution is 2.31. The van der Waals surface area contributed by atoms with Crippen molar-refractivity contribution in [1.82, 2.24) is 4.98 Å². The highest BCUT2D eigenvalue weighted by Gasteiger charge is 2.15. The standard InChI is InChI=1S/C13H15F2N3S/c1-6-13(19-8(3)17-6)7(2)18-11-5-9(14)4-10(15)12(11)16/h4-5,7,18H,16H2,1-3H3. The molecule has 0 bridgehead atoms. The molecule has 0 fully saturated rings. The van der Waals surface area contributed by atoms with Crippen LogP contribution in [0.25, 0.3) is 0 Å². The molecule has 0 saturated heterocycles. The summed E-state index contributed by atoms with van der Waals surface area (Å²) in [6.07, 6.45) is 0. The highest BCUT2D eigenvalue weighted by atomic mass is 32.1. The quantitative estimate of drug-likeness (QED) is 0.843. The molecule has 3 nitrogen and oxygen atoms in total. The maximum atomic E-state index is 13.4. The van der Waals surface area contributed by atoms with Crippen LogP contribution in [0.5, 0.6) is 0 Å². The smallest absolute Gasteiger partial charge is 0.151 e. The zero-order chi connectivity index (χ0) is 14.2. The van der Waals surface area contributed by atoms with Gasteiger partial charge in [0.1, 0.15) is 5.82 Å². The van der Waals surface area contributed by atoms with Gasteiger partial charge in [-0.25, -0.2) is 13.8 Å². The van der Waals surface area contributed by atoms with E-state index < -0.39 is 11.6 Å². The van der Waals surface area contributed by atoms with Crippen molar-refractivity contribution in [1.29, 1.82) is 0 Å². The zero-order valence-corrected chi connectivity index (χ0v) is 11.7. The fourth-order valence-corrected chi connectivity index (χ4v) is 2.88. The van der Waals surface area contributed by atoms with Crippen molar-refractivity contribution in [2.24, 2.45) is 0 Å². The van der Waals surface area contributed by atoms with E-state index in [0.29, 0.717) is 0 Å². The first-order chi connectivity index (χ1) is 8.88. The predicted molar refractivity (Wildman–Crippen MR) is 74.4 cm³/mol. The van der Waals surface area contributed by atoms with Crippen LogP contribution in [0.4, 0.5) is 20.2 Å². The van der Waals surface area contributed by atoms with Gasteiger partial charge in [-0.05, 0) is 26.8 Å². The number of aryl methyl sites for hydroxylation is 2. The number of anilines is 2. The van der Waals surface area contributed by atoms with Gasteiger partial charge in [-0.15, -0.1) is 11.3 Å². The lowest BCUT2D eigenvalue weighted by atomic mass is 10.2. The fraction of sp³-hybridized carbons (Fsp3) is 0.308. The van der Waals surface area contributed by atoms with Crippen molar-refractivity contribution in [2.45, 2.75) is 26.8 Å². The predicted octanol–water partition coefficient (Wildman–Crippen LogP) is 3.79. The van der Waals surface area contributed by atoms with Gasteiger partial charge in [-0.2, -0.15) is 0 Å². The van der Waals surface area contributed by atoms with Gasteiger partial charge >= 0.3 is 0 Å². The molecule has 2 aromatic rings. The normalized spacial score (nSPS) is 12.5. The summed E-state index contributed by atoms with van der Waals surface area (Å²) in [6.45, 7) is 5.73.